The van der Waals surface area contributed by atoms with Gasteiger partial charge in [0.25, 0.3) is 0 Å². The molecule has 1 aromatic rings. The minimum Gasteiger partial charge on any atom is -0.445 e. The molecule has 1 aliphatic rings. The van der Waals surface area contributed by atoms with Crippen LogP contribution in [0.4, 0.5) is 4.79 Å². The summed E-state index contributed by atoms with van der Waals surface area (Å²) >= 11 is 0. The third-order valence-electron chi connectivity index (χ3n) is 4.46. The number of hydrogen-bond acceptors (Lipinski definition) is 5. The Morgan fingerprint density at radius 3 is 2.70 bits per heavy atom. The minimum absolute atomic E-state index is 0.119. The molecule has 27 heavy (non-hydrogen) atoms. The number of nitrogens with zero attached hydrogens (tertiary/aromatic N) is 2. The van der Waals surface area contributed by atoms with Gasteiger partial charge in [-0.3, -0.25) is 14.5 Å². The Balaban J connectivity index is 1.95. The highest BCUT2D eigenvalue weighted by Gasteiger charge is 2.36. The highest BCUT2D eigenvalue weighted by molar-refractivity contribution is 5.91. The van der Waals surface area contributed by atoms with Crippen LogP contribution in [-0.4, -0.2) is 41.4 Å². The summed E-state index contributed by atoms with van der Waals surface area (Å²) in [5.41, 5.74) is 6.18. The van der Waals surface area contributed by atoms with Gasteiger partial charge in [0.15, 0.2) is 0 Å². The van der Waals surface area contributed by atoms with Crippen molar-refractivity contribution < 1.29 is 19.1 Å². The van der Waals surface area contributed by atoms with Crippen molar-refractivity contribution in [3.8, 4) is 6.07 Å². The van der Waals surface area contributed by atoms with Crippen molar-refractivity contribution in [2.75, 3.05) is 6.54 Å². The molecule has 1 saturated heterocycles. The Morgan fingerprint density at radius 2 is 2.07 bits per heavy atom. The number of nitriles is 1. The number of rotatable bonds is 7. The second-order valence-corrected chi connectivity index (χ2v) is 6.62. The number of primary amides is 1. The van der Waals surface area contributed by atoms with Crippen LogP contribution >= 0.6 is 0 Å². The van der Waals surface area contributed by atoms with E-state index in [9.17, 15) is 14.4 Å². The molecular weight excluding hydrogens is 348 g/mol. The lowest BCUT2D eigenvalue weighted by Gasteiger charge is -2.25. The van der Waals surface area contributed by atoms with Gasteiger partial charge in [0, 0.05) is 12.5 Å². The summed E-state index contributed by atoms with van der Waals surface area (Å²) in [4.78, 5) is 37.9. The highest BCUT2D eigenvalue weighted by Crippen LogP contribution is 2.19. The first kappa shape index (κ1) is 20.2. The van der Waals surface area contributed by atoms with Gasteiger partial charge in [-0.05, 0) is 31.7 Å². The summed E-state index contributed by atoms with van der Waals surface area (Å²) in [5, 5.41) is 11.5. The zero-order valence-electron chi connectivity index (χ0n) is 15.3. The zero-order chi connectivity index (χ0) is 19.8. The molecule has 3 amide bonds. The Hall–Kier alpha value is -3.08. The van der Waals surface area contributed by atoms with Crippen LogP contribution in [0.1, 0.15) is 31.7 Å². The maximum Gasteiger partial charge on any atom is 0.410 e. The first-order valence-electron chi connectivity index (χ1n) is 8.89. The molecule has 144 valence electrons. The van der Waals surface area contributed by atoms with Crippen LogP contribution in [-0.2, 0) is 20.9 Å². The molecule has 0 unspecified atom stereocenters. The molecule has 8 nitrogen and oxygen atoms in total. The Bertz CT molecular complexity index is 716. The maximum absolute atomic E-state index is 12.6. The van der Waals surface area contributed by atoms with E-state index in [1.165, 1.54) is 4.90 Å². The fraction of sp³-hybridized carbons (Fsp3) is 0.474. The number of amides is 3. The topological polar surface area (TPSA) is 126 Å². The molecule has 0 saturated carbocycles. The van der Waals surface area contributed by atoms with Crippen LogP contribution in [0.15, 0.2) is 30.3 Å². The lowest BCUT2D eigenvalue weighted by molar-refractivity contribution is -0.130. The van der Waals surface area contributed by atoms with Crippen molar-refractivity contribution in [3.05, 3.63) is 35.9 Å². The van der Waals surface area contributed by atoms with E-state index in [0.29, 0.717) is 19.4 Å². The molecule has 3 atom stereocenters. The van der Waals surface area contributed by atoms with Crippen molar-refractivity contribution in [3.63, 3.8) is 0 Å². The van der Waals surface area contributed by atoms with Crippen molar-refractivity contribution in [2.45, 2.75) is 44.9 Å². The average molecular weight is 372 g/mol. The van der Waals surface area contributed by atoms with Crippen molar-refractivity contribution in [1.82, 2.24) is 10.2 Å². The van der Waals surface area contributed by atoms with Crippen LogP contribution in [0, 0.1) is 17.2 Å². The van der Waals surface area contributed by atoms with E-state index in [0.717, 1.165) is 5.56 Å². The van der Waals surface area contributed by atoms with Crippen molar-refractivity contribution >= 4 is 17.9 Å². The second kappa shape index (κ2) is 9.57. The number of hydrogen-bond donors (Lipinski definition) is 2. The molecule has 8 heteroatoms. The zero-order valence-corrected chi connectivity index (χ0v) is 15.3. The molecule has 3 N–H and O–H groups in total. The highest BCUT2D eigenvalue weighted by atomic mass is 16.6. The summed E-state index contributed by atoms with van der Waals surface area (Å²) in [7, 11) is 0. The van der Waals surface area contributed by atoms with Crippen molar-refractivity contribution in [1.29, 1.82) is 5.26 Å². The van der Waals surface area contributed by atoms with E-state index in [1.807, 2.05) is 36.4 Å². The molecule has 0 radical (unpaired) electrons. The van der Waals surface area contributed by atoms with Crippen LogP contribution in [0.25, 0.3) is 0 Å². The van der Waals surface area contributed by atoms with Crippen LogP contribution in [0.2, 0.25) is 0 Å². The largest absolute Gasteiger partial charge is 0.445 e. The number of benzene rings is 1. The van der Waals surface area contributed by atoms with Gasteiger partial charge in [-0.1, -0.05) is 30.3 Å². The van der Waals surface area contributed by atoms with Crippen molar-refractivity contribution in [2.24, 2.45) is 11.7 Å². The molecule has 1 fully saturated rings. The van der Waals surface area contributed by atoms with E-state index in [-0.39, 0.29) is 13.0 Å². The van der Waals surface area contributed by atoms with E-state index in [4.69, 9.17) is 15.7 Å². The van der Waals surface area contributed by atoms with Crippen LogP contribution in [0.5, 0.6) is 0 Å². The van der Waals surface area contributed by atoms with Gasteiger partial charge in [-0.2, -0.15) is 5.26 Å². The Labute approximate surface area is 158 Å². The number of nitrogens with two attached hydrogens (primary N) is 1. The van der Waals surface area contributed by atoms with E-state index in [2.05, 4.69) is 5.32 Å². The van der Waals surface area contributed by atoms with Gasteiger partial charge in [-0.25, -0.2) is 4.79 Å². The van der Waals surface area contributed by atoms with E-state index < -0.39 is 35.9 Å². The predicted molar refractivity (Wildman–Crippen MR) is 96.9 cm³/mol. The molecule has 0 aromatic heterocycles. The number of carbonyl (C=O) groups is 3. The van der Waals surface area contributed by atoms with Gasteiger partial charge < -0.3 is 15.8 Å². The van der Waals surface area contributed by atoms with Gasteiger partial charge in [0.2, 0.25) is 11.8 Å². The summed E-state index contributed by atoms with van der Waals surface area (Å²) < 4.78 is 5.30. The summed E-state index contributed by atoms with van der Waals surface area (Å²) in [6.45, 7) is 2.17. The lowest BCUT2D eigenvalue weighted by atomic mass is 10.0. The van der Waals surface area contributed by atoms with Gasteiger partial charge in [-0.15, -0.1) is 0 Å². The van der Waals surface area contributed by atoms with Gasteiger partial charge in [0.1, 0.15) is 18.7 Å². The van der Waals surface area contributed by atoms with E-state index in [1.54, 1.807) is 6.92 Å². The first-order valence-corrected chi connectivity index (χ1v) is 8.89. The van der Waals surface area contributed by atoms with E-state index >= 15 is 0 Å². The molecule has 0 spiro atoms. The summed E-state index contributed by atoms with van der Waals surface area (Å²) in [5.74, 6) is -1.60. The SMILES string of the molecule is C[C@H](C#N)C[C@H](NC(=O)[C@H]1CCCN1C(=O)OCc1ccccc1)C(N)=O. The standard InChI is InChI=1S/C19H24N4O4/c1-13(11-20)10-15(17(21)24)22-18(25)16-8-5-9-23(16)19(26)27-12-14-6-3-2-4-7-14/h2-4,6-7,13,15-16H,5,8-10,12H2,1H3,(H2,21,24)(H,22,25)/t13-,15-,16+/m0/s1. The third kappa shape index (κ3) is 5.71. The number of likely N-dealkylation sites (tertiary alicyclic amines) is 1. The van der Waals surface area contributed by atoms with Gasteiger partial charge >= 0.3 is 6.09 Å². The molecular formula is C19H24N4O4. The monoisotopic (exact) mass is 372 g/mol. The third-order valence-corrected chi connectivity index (χ3v) is 4.46. The van der Waals surface area contributed by atoms with Crippen LogP contribution < -0.4 is 11.1 Å². The molecule has 1 aromatic carbocycles. The maximum atomic E-state index is 12.6. The minimum atomic E-state index is -0.949. The molecule has 0 bridgehead atoms. The fourth-order valence-electron chi connectivity index (χ4n) is 2.98. The molecule has 1 aliphatic heterocycles. The quantitative estimate of drug-likeness (QED) is 0.746. The predicted octanol–water partition coefficient (Wildman–Crippen LogP) is 1.31. The van der Waals surface area contributed by atoms with Gasteiger partial charge in [0.05, 0.1) is 6.07 Å². The number of ether oxygens (including phenoxy) is 1. The fourth-order valence-corrected chi connectivity index (χ4v) is 2.98. The average Bonchev–Trinajstić information content (AvgIpc) is 3.16. The number of carbonyl (C=O) groups excluding carboxylic acids is 3. The Kier molecular flexibility index (Phi) is 7.17. The summed E-state index contributed by atoms with van der Waals surface area (Å²) in [6, 6.07) is 9.60. The Morgan fingerprint density at radius 1 is 1.37 bits per heavy atom. The normalized spacial score (nSPS) is 18.2. The summed E-state index contributed by atoms with van der Waals surface area (Å²) in [6.07, 6.45) is 0.695. The molecule has 2 rings (SSSR count). The second-order valence-electron chi connectivity index (χ2n) is 6.62. The first-order chi connectivity index (χ1) is 12.9. The molecule has 0 aliphatic carbocycles. The molecule has 1 heterocycles. The number of nitrogens with one attached hydrogen (secondary N) is 1. The lowest BCUT2D eigenvalue weighted by Crippen LogP contribution is -2.52. The smallest absolute Gasteiger partial charge is 0.410 e. The van der Waals surface area contributed by atoms with Crippen LogP contribution in [0.3, 0.4) is 0 Å².